The normalized spacial score (nSPS) is 15.4. The third kappa shape index (κ3) is 3.90. The molecule has 2 rings (SSSR count). The van der Waals surface area contributed by atoms with Crippen LogP contribution >= 0.6 is 0 Å². The van der Waals surface area contributed by atoms with E-state index in [1.54, 1.807) is 25.3 Å². The Hall–Kier alpha value is -1.71. The largest absolute Gasteiger partial charge is 0.497 e. The van der Waals surface area contributed by atoms with Crippen LogP contribution < -0.4 is 10.5 Å². The van der Waals surface area contributed by atoms with Crippen LogP contribution in [0.15, 0.2) is 18.2 Å². The molecule has 0 aliphatic heterocycles. The summed E-state index contributed by atoms with van der Waals surface area (Å²) in [6.45, 7) is 5.09. The van der Waals surface area contributed by atoms with E-state index in [2.05, 4.69) is 13.8 Å². The third-order valence-electron chi connectivity index (χ3n) is 4.00. The first-order valence-electron chi connectivity index (χ1n) is 7.76. The number of nitrogen functional groups attached to an aromatic ring is 1. The molecule has 0 radical (unpaired) electrons. The minimum Gasteiger partial charge on any atom is -0.497 e. The second kappa shape index (κ2) is 6.83. The zero-order valence-electron chi connectivity index (χ0n) is 13.3. The molecule has 116 valence electrons. The van der Waals surface area contributed by atoms with Crippen LogP contribution in [0.25, 0.3) is 0 Å². The minimum absolute atomic E-state index is 0.0706. The molecule has 1 fully saturated rings. The molecular weight excluding hydrogens is 264 g/mol. The van der Waals surface area contributed by atoms with Gasteiger partial charge in [-0.15, -0.1) is 0 Å². The molecule has 1 aromatic rings. The summed E-state index contributed by atoms with van der Waals surface area (Å²) in [5.41, 5.74) is 7.06. The predicted molar refractivity (Wildman–Crippen MR) is 85.5 cm³/mol. The van der Waals surface area contributed by atoms with Crippen molar-refractivity contribution in [1.29, 1.82) is 0 Å². The first-order chi connectivity index (χ1) is 10.0. The average molecular weight is 290 g/mol. The van der Waals surface area contributed by atoms with E-state index in [9.17, 15) is 4.79 Å². The molecule has 1 aliphatic rings. The number of rotatable bonds is 5. The fourth-order valence-electron chi connectivity index (χ4n) is 3.04. The van der Waals surface area contributed by atoms with E-state index >= 15 is 0 Å². The highest BCUT2D eigenvalue weighted by molar-refractivity contribution is 5.95. The molecule has 0 unspecified atom stereocenters. The Morgan fingerprint density at radius 2 is 2.00 bits per heavy atom. The fraction of sp³-hybridized carbons (Fsp3) is 0.588. The SMILES string of the molecule is COc1cc(N)cc(C(=O)N(CC(C)C)C2CCCC2)c1. The molecule has 4 heteroatoms. The average Bonchev–Trinajstić information content (AvgIpc) is 2.97. The lowest BCUT2D eigenvalue weighted by atomic mass is 10.1. The van der Waals surface area contributed by atoms with Crippen molar-refractivity contribution in [1.82, 2.24) is 4.90 Å². The van der Waals surface area contributed by atoms with Crippen molar-refractivity contribution in [2.45, 2.75) is 45.6 Å². The van der Waals surface area contributed by atoms with Gasteiger partial charge in [-0.05, 0) is 30.9 Å². The number of nitrogens with two attached hydrogens (primary N) is 1. The first-order valence-corrected chi connectivity index (χ1v) is 7.76. The van der Waals surface area contributed by atoms with Gasteiger partial charge in [-0.1, -0.05) is 26.7 Å². The lowest BCUT2D eigenvalue weighted by molar-refractivity contribution is 0.0655. The second-order valence-corrected chi connectivity index (χ2v) is 6.28. The van der Waals surface area contributed by atoms with Crippen molar-refractivity contribution in [3.05, 3.63) is 23.8 Å². The Balaban J connectivity index is 2.26. The maximum atomic E-state index is 12.9. The van der Waals surface area contributed by atoms with E-state index in [-0.39, 0.29) is 5.91 Å². The molecule has 0 bridgehead atoms. The van der Waals surface area contributed by atoms with Gasteiger partial charge in [0.25, 0.3) is 5.91 Å². The summed E-state index contributed by atoms with van der Waals surface area (Å²) in [5.74, 6) is 1.16. The lowest BCUT2D eigenvalue weighted by Gasteiger charge is -2.31. The molecule has 4 nitrogen and oxygen atoms in total. The topological polar surface area (TPSA) is 55.6 Å². The first kappa shape index (κ1) is 15.7. The van der Waals surface area contributed by atoms with Crippen LogP contribution in [0.1, 0.15) is 49.9 Å². The van der Waals surface area contributed by atoms with Crippen LogP contribution in [0.5, 0.6) is 5.75 Å². The highest BCUT2D eigenvalue weighted by Crippen LogP contribution is 2.27. The van der Waals surface area contributed by atoms with Crippen molar-refractivity contribution >= 4 is 11.6 Å². The quantitative estimate of drug-likeness (QED) is 0.846. The summed E-state index contributed by atoms with van der Waals surface area (Å²) in [6, 6.07) is 5.63. The van der Waals surface area contributed by atoms with Crippen LogP contribution in [0.3, 0.4) is 0 Å². The molecule has 21 heavy (non-hydrogen) atoms. The van der Waals surface area contributed by atoms with E-state index in [1.165, 1.54) is 12.8 Å². The van der Waals surface area contributed by atoms with E-state index in [0.29, 0.717) is 29.0 Å². The summed E-state index contributed by atoms with van der Waals surface area (Å²) in [4.78, 5) is 14.9. The minimum atomic E-state index is 0.0706. The van der Waals surface area contributed by atoms with Gasteiger partial charge < -0.3 is 15.4 Å². The Morgan fingerprint density at radius 3 is 2.57 bits per heavy atom. The Kier molecular flexibility index (Phi) is 5.10. The van der Waals surface area contributed by atoms with Gasteiger partial charge in [0, 0.05) is 29.9 Å². The Morgan fingerprint density at radius 1 is 1.33 bits per heavy atom. The number of anilines is 1. The number of hydrogen-bond acceptors (Lipinski definition) is 3. The Labute approximate surface area is 127 Å². The molecule has 0 spiro atoms. The highest BCUT2D eigenvalue weighted by Gasteiger charge is 2.28. The van der Waals surface area contributed by atoms with Crippen molar-refractivity contribution in [2.24, 2.45) is 5.92 Å². The molecule has 0 atom stereocenters. The molecule has 1 amide bonds. The van der Waals surface area contributed by atoms with Crippen LogP contribution in [0.2, 0.25) is 0 Å². The Bertz CT molecular complexity index is 494. The van der Waals surface area contributed by atoms with Gasteiger partial charge >= 0.3 is 0 Å². The maximum Gasteiger partial charge on any atom is 0.254 e. The summed E-state index contributed by atoms with van der Waals surface area (Å²) in [7, 11) is 1.59. The zero-order chi connectivity index (χ0) is 15.4. The summed E-state index contributed by atoms with van der Waals surface area (Å²) in [6.07, 6.45) is 4.65. The van der Waals surface area contributed by atoms with Crippen LogP contribution in [0.4, 0.5) is 5.69 Å². The zero-order valence-corrected chi connectivity index (χ0v) is 13.3. The molecule has 0 heterocycles. The molecule has 0 saturated heterocycles. The van der Waals surface area contributed by atoms with Gasteiger partial charge in [-0.2, -0.15) is 0 Å². The molecule has 1 saturated carbocycles. The van der Waals surface area contributed by atoms with Crippen LogP contribution in [-0.4, -0.2) is 30.5 Å². The van der Waals surface area contributed by atoms with Gasteiger partial charge in [0.15, 0.2) is 0 Å². The smallest absolute Gasteiger partial charge is 0.254 e. The number of hydrogen-bond donors (Lipinski definition) is 1. The predicted octanol–water partition coefficient (Wildman–Crippen LogP) is 3.32. The number of amides is 1. The number of benzene rings is 1. The summed E-state index contributed by atoms with van der Waals surface area (Å²) < 4.78 is 5.22. The summed E-state index contributed by atoms with van der Waals surface area (Å²) >= 11 is 0. The maximum absolute atomic E-state index is 12.9. The number of ether oxygens (including phenoxy) is 1. The van der Waals surface area contributed by atoms with Gasteiger partial charge in [0.1, 0.15) is 5.75 Å². The third-order valence-corrected chi connectivity index (χ3v) is 4.00. The number of carbonyl (C=O) groups excluding carboxylic acids is 1. The van der Waals surface area contributed by atoms with Crippen molar-refractivity contribution in [3.63, 3.8) is 0 Å². The van der Waals surface area contributed by atoms with Crippen molar-refractivity contribution < 1.29 is 9.53 Å². The van der Waals surface area contributed by atoms with Gasteiger partial charge in [0.05, 0.1) is 7.11 Å². The molecule has 0 aromatic heterocycles. The molecule has 1 aromatic carbocycles. The number of methoxy groups -OCH3 is 1. The number of carbonyl (C=O) groups is 1. The van der Waals surface area contributed by atoms with Crippen LogP contribution in [0, 0.1) is 5.92 Å². The van der Waals surface area contributed by atoms with Crippen LogP contribution in [-0.2, 0) is 0 Å². The monoisotopic (exact) mass is 290 g/mol. The molecular formula is C17H26N2O2. The van der Waals surface area contributed by atoms with E-state index < -0.39 is 0 Å². The summed E-state index contributed by atoms with van der Waals surface area (Å²) in [5, 5.41) is 0. The molecule has 1 aliphatic carbocycles. The van der Waals surface area contributed by atoms with E-state index in [1.807, 2.05) is 4.90 Å². The van der Waals surface area contributed by atoms with E-state index in [4.69, 9.17) is 10.5 Å². The molecule has 2 N–H and O–H groups in total. The van der Waals surface area contributed by atoms with E-state index in [0.717, 1.165) is 19.4 Å². The highest BCUT2D eigenvalue weighted by atomic mass is 16.5. The lowest BCUT2D eigenvalue weighted by Crippen LogP contribution is -2.41. The van der Waals surface area contributed by atoms with Gasteiger partial charge in [-0.3, -0.25) is 4.79 Å². The van der Waals surface area contributed by atoms with Crippen molar-refractivity contribution in [3.8, 4) is 5.75 Å². The van der Waals surface area contributed by atoms with Gasteiger partial charge in [0.2, 0.25) is 0 Å². The standard InChI is InChI=1S/C17H26N2O2/c1-12(2)11-19(15-6-4-5-7-15)17(20)13-8-14(18)10-16(9-13)21-3/h8-10,12,15H,4-7,11,18H2,1-3H3. The second-order valence-electron chi connectivity index (χ2n) is 6.28. The van der Waals surface area contributed by atoms with Crippen molar-refractivity contribution in [2.75, 3.05) is 19.4 Å². The van der Waals surface area contributed by atoms with Gasteiger partial charge in [-0.25, -0.2) is 0 Å². The fourth-order valence-corrected chi connectivity index (χ4v) is 3.04. The number of nitrogens with zero attached hydrogens (tertiary/aromatic N) is 1.